The fraction of sp³-hybridized carbons (Fsp3) is 0.0625. The van der Waals surface area contributed by atoms with Crippen LogP contribution in [0.15, 0.2) is 188 Å². The molecule has 0 aliphatic heterocycles. The van der Waals surface area contributed by atoms with Crippen LogP contribution in [0.3, 0.4) is 0 Å². The van der Waals surface area contributed by atoms with E-state index in [0.29, 0.717) is 11.6 Å². The first kappa shape index (κ1) is 31.8. The lowest BCUT2D eigenvalue weighted by molar-refractivity contribution is 0.660. The molecule has 0 spiro atoms. The van der Waals surface area contributed by atoms with Crippen LogP contribution < -0.4 is 0 Å². The van der Waals surface area contributed by atoms with E-state index in [1.165, 1.54) is 55.6 Å². The topological polar surface area (TPSA) is 38.7 Å². The predicted molar refractivity (Wildman–Crippen MR) is 211 cm³/mol. The molecule has 1 aliphatic carbocycles. The lowest BCUT2D eigenvalue weighted by atomic mass is 9.81. The number of aromatic nitrogens is 3. The maximum Gasteiger partial charge on any atom is 0.163 e. The first-order valence-electron chi connectivity index (χ1n) is 17.4. The molecule has 0 amide bonds. The van der Waals surface area contributed by atoms with Crippen molar-refractivity contribution >= 4 is 0 Å². The smallest absolute Gasteiger partial charge is 0.163 e. The first-order chi connectivity index (χ1) is 25.0. The maximum atomic E-state index is 4.49. The Morgan fingerprint density at radius 3 is 1.29 bits per heavy atom. The van der Waals surface area contributed by atoms with Gasteiger partial charge in [0.05, 0.1) is 0 Å². The van der Waals surface area contributed by atoms with Gasteiger partial charge in [0.2, 0.25) is 0 Å². The Kier molecular flexibility index (Phi) is 8.61. The highest BCUT2D eigenvalue weighted by Crippen LogP contribution is 2.49. The molecule has 0 saturated carbocycles. The highest BCUT2D eigenvalue weighted by molar-refractivity contribution is 5.84. The van der Waals surface area contributed by atoms with Crippen molar-refractivity contribution in [3.8, 4) is 67.3 Å². The summed E-state index contributed by atoms with van der Waals surface area (Å²) in [7, 11) is 0. The van der Waals surface area contributed by atoms with Gasteiger partial charge in [-0.15, -0.1) is 0 Å². The summed E-state index contributed by atoms with van der Waals surface area (Å²) in [5.74, 6) is 1.40. The molecule has 9 rings (SSSR count). The van der Waals surface area contributed by atoms with Crippen LogP contribution in [0.2, 0.25) is 0 Å². The summed E-state index contributed by atoms with van der Waals surface area (Å²) in [6.07, 6.45) is 1.55. The monoisotopic (exact) mass is 655 g/mol. The van der Waals surface area contributed by atoms with Crippen LogP contribution in [0, 0.1) is 0 Å². The quantitative estimate of drug-likeness (QED) is 0.185. The Morgan fingerprint density at radius 2 is 0.745 bits per heavy atom. The maximum absolute atomic E-state index is 4.49. The van der Waals surface area contributed by atoms with Crippen LogP contribution in [-0.4, -0.2) is 15.0 Å². The Labute approximate surface area is 300 Å². The average molecular weight is 656 g/mol. The molecule has 0 N–H and O–H groups in total. The Morgan fingerprint density at radius 1 is 0.333 bits per heavy atom. The molecule has 3 nitrogen and oxygen atoms in total. The molecule has 0 saturated heterocycles. The lowest BCUT2D eigenvalue weighted by Gasteiger charge is -2.22. The third-order valence-electron chi connectivity index (χ3n) is 9.72. The van der Waals surface area contributed by atoms with Gasteiger partial charge in [-0.2, -0.15) is 0 Å². The lowest BCUT2D eigenvalue weighted by Crippen LogP contribution is -2.14. The van der Waals surface area contributed by atoms with Gasteiger partial charge in [-0.25, -0.2) is 15.0 Å². The van der Waals surface area contributed by atoms with E-state index in [0.717, 1.165) is 11.1 Å². The summed E-state index contributed by atoms with van der Waals surface area (Å²) in [5, 5.41) is 0. The van der Waals surface area contributed by atoms with Crippen molar-refractivity contribution in [2.24, 2.45) is 0 Å². The largest absolute Gasteiger partial charge is 0.217 e. The zero-order chi connectivity index (χ0) is 34.6. The van der Waals surface area contributed by atoms with Crippen molar-refractivity contribution in [2.75, 3.05) is 0 Å². The second kappa shape index (κ2) is 13.8. The molecule has 1 aromatic heterocycles. The highest BCUT2D eigenvalue weighted by atomic mass is 15.0. The van der Waals surface area contributed by atoms with Crippen molar-refractivity contribution < 1.29 is 0 Å². The average Bonchev–Trinajstić information content (AvgIpc) is 3.44. The minimum atomic E-state index is 0.0174. The summed E-state index contributed by atoms with van der Waals surface area (Å²) in [5.41, 5.74) is 15.1. The van der Waals surface area contributed by atoms with Crippen LogP contribution in [0.1, 0.15) is 25.0 Å². The fourth-order valence-electron chi connectivity index (χ4n) is 7.02. The third kappa shape index (κ3) is 6.50. The minimum Gasteiger partial charge on any atom is -0.217 e. The molecule has 51 heavy (non-hydrogen) atoms. The molecule has 0 radical (unpaired) electrons. The van der Waals surface area contributed by atoms with E-state index >= 15 is 0 Å². The van der Waals surface area contributed by atoms with E-state index in [4.69, 9.17) is 0 Å². The van der Waals surface area contributed by atoms with Gasteiger partial charge in [0.15, 0.2) is 11.6 Å². The zero-order valence-corrected chi connectivity index (χ0v) is 28.7. The summed E-state index contributed by atoms with van der Waals surface area (Å²) in [6, 6.07) is 63.9. The van der Waals surface area contributed by atoms with Crippen LogP contribution in [0.5, 0.6) is 0 Å². The van der Waals surface area contributed by atoms with Crippen molar-refractivity contribution in [3.05, 3.63) is 199 Å². The molecule has 244 valence electrons. The van der Waals surface area contributed by atoms with Crippen LogP contribution in [0.4, 0.5) is 0 Å². The van der Waals surface area contributed by atoms with E-state index in [1.807, 2.05) is 60.7 Å². The standard InChI is InChI=1S/C33H26.C15H11N3/c1-33(2)31-17-7-6-16-29(31)30-19-18-28(22-32(30)33)27-15-9-14-26(21-27)25-13-8-12-24(20-25)23-10-4-3-5-11-23;1-3-7-12(8-4-1)14-16-11-17-15(18-14)13-9-5-2-6-10-13/h3-22H,1-2H3;1-11H. The number of nitrogens with zero attached hydrogens (tertiary/aromatic N) is 3. The molecule has 8 aromatic rings. The molecular weight excluding hydrogens is 619 g/mol. The van der Waals surface area contributed by atoms with Gasteiger partial charge >= 0.3 is 0 Å². The van der Waals surface area contributed by atoms with Crippen LogP contribution in [0.25, 0.3) is 67.3 Å². The van der Waals surface area contributed by atoms with Gasteiger partial charge in [0.25, 0.3) is 0 Å². The van der Waals surface area contributed by atoms with E-state index in [9.17, 15) is 0 Å². The zero-order valence-electron chi connectivity index (χ0n) is 28.7. The van der Waals surface area contributed by atoms with Gasteiger partial charge in [-0.1, -0.05) is 178 Å². The predicted octanol–water partition coefficient (Wildman–Crippen LogP) is 12.2. The van der Waals surface area contributed by atoms with E-state index in [1.54, 1.807) is 6.33 Å². The number of fused-ring (bicyclic) bond motifs is 3. The van der Waals surface area contributed by atoms with Crippen molar-refractivity contribution in [1.29, 1.82) is 0 Å². The molecule has 0 fully saturated rings. The molecular formula is C48H37N3. The number of hydrogen-bond acceptors (Lipinski definition) is 3. The SMILES string of the molecule is CC1(C)c2ccccc2-c2ccc(-c3cccc(-c4cccc(-c5ccccc5)c4)c3)cc21.c1ccc(-c2ncnc(-c3ccccc3)n2)cc1. The normalized spacial score (nSPS) is 12.3. The summed E-state index contributed by atoms with van der Waals surface area (Å²) in [6.45, 7) is 4.68. The van der Waals surface area contributed by atoms with Crippen molar-refractivity contribution in [2.45, 2.75) is 19.3 Å². The Hall–Kier alpha value is -6.45. The minimum absolute atomic E-state index is 0.0174. The Bertz CT molecular complexity index is 2380. The summed E-state index contributed by atoms with van der Waals surface area (Å²) in [4.78, 5) is 12.9. The number of rotatable bonds is 5. The molecule has 7 aromatic carbocycles. The van der Waals surface area contributed by atoms with Gasteiger partial charge in [0, 0.05) is 16.5 Å². The van der Waals surface area contributed by atoms with Gasteiger partial charge in [-0.05, 0) is 73.8 Å². The Balaban J connectivity index is 0.000000175. The highest BCUT2D eigenvalue weighted by Gasteiger charge is 2.35. The second-order valence-corrected chi connectivity index (χ2v) is 13.3. The number of benzene rings is 7. The van der Waals surface area contributed by atoms with Crippen LogP contribution >= 0.6 is 0 Å². The first-order valence-corrected chi connectivity index (χ1v) is 17.4. The van der Waals surface area contributed by atoms with E-state index in [2.05, 4.69) is 150 Å². The van der Waals surface area contributed by atoms with Gasteiger partial charge in [-0.3, -0.25) is 0 Å². The van der Waals surface area contributed by atoms with Crippen molar-refractivity contribution in [3.63, 3.8) is 0 Å². The molecule has 0 bridgehead atoms. The number of hydrogen-bond donors (Lipinski definition) is 0. The second-order valence-electron chi connectivity index (χ2n) is 13.3. The molecule has 0 atom stereocenters. The molecule has 1 aliphatic rings. The molecule has 3 heteroatoms. The molecule has 1 heterocycles. The van der Waals surface area contributed by atoms with Gasteiger partial charge in [0.1, 0.15) is 6.33 Å². The summed E-state index contributed by atoms with van der Waals surface area (Å²) < 4.78 is 0. The van der Waals surface area contributed by atoms with Gasteiger partial charge < -0.3 is 0 Å². The summed E-state index contributed by atoms with van der Waals surface area (Å²) >= 11 is 0. The van der Waals surface area contributed by atoms with E-state index < -0.39 is 0 Å². The third-order valence-corrected chi connectivity index (χ3v) is 9.72. The van der Waals surface area contributed by atoms with Crippen LogP contribution in [-0.2, 0) is 5.41 Å². The van der Waals surface area contributed by atoms with E-state index in [-0.39, 0.29) is 5.41 Å². The molecule has 0 unspecified atom stereocenters. The van der Waals surface area contributed by atoms with Crippen molar-refractivity contribution in [1.82, 2.24) is 15.0 Å². The fourth-order valence-corrected chi connectivity index (χ4v) is 7.02.